The van der Waals surface area contributed by atoms with Crippen molar-refractivity contribution in [3.8, 4) is 0 Å². The number of hydrogen-bond donors (Lipinski definition) is 1. The van der Waals surface area contributed by atoms with Gasteiger partial charge < -0.3 is 5.73 Å². The third-order valence-electron chi connectivity index (χ3n) is 2.23. The van der Waals surface area contributed by atoms with Crippen molar-refractivity contribution in [2.24, 2.45) is 11.7 Å². The normalized spacial score (nSPS) is 14.4. The fourth-order valence-electron chi connectivity index (χ4n) is 1.40. The third kappa shape index (κ3) is 7.79. The van der Waals surface area contributed by atoms with Crippen molar-refractivity contribution in [2.75, 3.05) is 6.54 Å². The Hall–Kier alpha value is -0.560. The molecule has 0 heterocycles. The average molecular weight is 181 g/mol. The van der Waals surface area contributed by atoms with Gasteiger partial charge in [-0.15, -0.1) is 0 Å². The summed E-state index contributed by atoms with van der Waals surface area (Å²) >= 11 is 0. The molecule has 2 N–H and O–H groups in total. The Bertz CT molecular complexity index is 133. The molecule has 1 nitrogen and oxygen atoms in total. The van der Waals surface area contributed by atoms with Crippen molar-refractivity contribution in [3.63, 3.8) is 0 Å². The van der Waals surface area contributed by atoms with Gasteiger partial charge in [0.2, 0.25) is 0 Å². The van der Waals surface area contributed by atoms with Crippen molar-refractivity contribution in [2.45, 2.75) is 39.5 Å². The largest absolute Gasteiger partial charge is 0.330 e. The molecule has 0 saturated heterocycles. The molecule has 0 aliphatic heterocycles. The summed E-state index contributed by atoms with van der Waals surface area (Å²) < 4.78 is 0. The van der Waals surface area contributed by atoms with Gasteiger partial charge in [0, 0.05) is 0 Å². The molecule has 76 valence electrons. The summed E-state index contributed by atoms with van der Waals surface area (Å²) in [5.74, 6) is 0.788. The second kappa shape index (κ2) is 9.53. The highest BCUT2D eigenvalue weighted by Crippen LogP contribution is 2.16. The van der Waals surface area contributed by atoms with E-state index in [4.69, 9.17) is 5.73 Å². The second-order valence-corrected chi connectivity index (χ2v) is 3.41. The Morgan fingerprint density at radius 3 is 2.00 bits per heavy atom. The summed E-state index contributed by atoms with van der Waals surface area (Å²) in [6, 6.07) is 0. The molecule has 0 amide bonds. The predicted molar refractivity (Wildman–Crippen MR) is 60.6 cm³/mol. The molecule has 0 unspecified atom stereocenters. The molecule has 0 saturated carbocycles. The molecule has 0 spiro atoms. The minimum Gasteiger partial charge on any atom is -0.330 e. The zero-order valence-corrected chi connectivity index (χ0v) is 9.00. The van der Waals surface area contributed by atoms with Gasteiger partial charge in [-0.2, -0.15) is 0 Å². The summed E-state index contributed by atoms with van der Waals surface area (Å²) in [6.07, 6.45) is 13.6. The first-order valence-corrected chi connectivity index (χ1v) is 5.27. The SMILES string of the molecule is CC=CCC(CC=CC)CCCN. The van der Waals surface area contributed by atoms with Crippen LogP contribution >= 0.6 is 0 Å². The molecule has 0 aliphatic rings. The van der Waals surface area contributed by atoms with Gasteiger partial charge in [-0.05, 0) is 52.0 Å². The van der Waals surface area contributed by atoms with Gasteiger partial charge in [0.1, 0.15) is 0 Å². The van der Waals surface area contributed by atoms with Crippen LogP contribution in [0.2, 0.25) is 0 Å². The lowest BCUT2D eigenvalue weighted by Gasteiger charge is -2.11. The smallest absolute Gasteiger partial charge is 0.00772 e. The maximum atomic E-state index is 5.50. The van der Waals surface area contributed by atoms with Crippen LogP contribution in [0.25, 0.3) is 0 Å². The van der Waals surface area contributed by atoms with E-state index in [1.165, 1.54) is 19.3 Å². The summed E-state index contributed by atoms with van der Waals surface area (Å²) in [6.45, 7) is 4.98. The highest BCUT2D eigenvalue weighted by molar-refractivity contribution is 4.86. The molecular weight excluding hydrogens is 158 g/mol. The molecule has 13 heavy (non-hydrogen) atoms. The molecule has 0 aromatic carbocycles. The first-order chi connectivity index (χ1) is 6.35. The topological polar surface area (TPSA) is 26.0 Å². The molecule has 0 rings (SSSR count). The van der Waals surface area contributed by atoms with Gasteiger partial charge in [0.05, 0.1) is 0 Å². The summed E-state index contributed by atoms with van der Waals surface area (Å²) in [5, 5.41) is 0. The van der Waals surface area contributed by atoms with Gasteiger partial charge in [0.25, 0.3) is 0 Å². The van der Waals surface area contributed by atoms with Crippen molar-refractivity contribution in [1.29, 1.82) is 0 Å². The fourth-order valence-corrected chi connectivity index (χ4v) is 1.40. The maximum Gasteiger partial charge on any atom is -0.00772 e. The maximum absolute atomic E-state index is 5.50. The van der Waals surface area contributed by atoms with Crippen LogP contribution < -0.4 is 5.73 Å². The Morgan fingerprint density at radius 2 is 1.62 bits per heavy atom. The van der Waals surface area contributed by atoms with Crippen LogP contribution in [0.3, 0.4) is 0 Å². The van der Waals surface area contributed by atoms with Crippen molar-refractivity contribution < 1.29 is 0 Å². The van der Waals surface area contributed by atoms with E-state index in [9.17, 15) is 0 Å². The van der Waals surface area contributed by atoms with Crippen molar-refractivity contribution in [1.82, 2.24) is 0 Å². The molecule has 0 fully saturated rings. The fraction of sp³-hybridized carbons (Fsp3) is 0.667. The Labute approximate surface area is 82.7 Å². The Kier molecular flexibility index (Phi) is 9.12. The lowest BCUT2D eigenvalue weighted by Crippen LogP contribution is -2.04. The van der Waals surface area contributed by atoms with E-state index in [-0.39, 0.29) is 0 Å². The highest BCUT2D eigenvalue weighted by Gasteiger charge is 2.03. The average Bonchev–Trinajstić information content (AvgIpc) is 2.17. The zero-order chi connectivity index (χ0) is 9.94. The number of rotatable bonds is 7. The standard InChI is InChI=1S/C12H23N/c1-3-5-8-12(9-6-4-2)10-7-11-13/h3-6,12H,7-11,13H2,1-2H3. The lowest BCUT2D eigenvalue weighted by atomic mass is 9.95. The number of hydrogen-bond acceptors (Lipinski definition) is 1. The minimum atomic E-state index is 0.788. The molecular formula is C12H23N. The summed E-state index contributed by atoms with van der Waals surface area (Å²) in [5.41, 5.74) is 5.50. The minimum absolute atomic E-state index is 0.788. The number of allylic oxidation sites excluding steroid dienone is 4. The van der Waals surface area contributed by atoms with Crippen LogP contribution in [0.1, 0.15) is 39.5 Å². The van der Waals surface area contributed by atoms with Gasteiger partial charge >= 0.3 is 0 Å². The molecule has 0 aliphatic carbocycles. The Morgan fingerprint density at radius 1 is 1.08 bits per heavy atom. The summed E-state index contributed by atoms with van der Waals surface area (Å²) in [7, 11) is 0. The number of nitrogens with two attached hydrogens (primary N) is 1. The van der Waals surface area contributed by atoms with E-state index >= 15 is 0 Å². The monoisotopic (exact) mass is 181 g/mol. The van der Waals surface area contributed by atoms with Gasteiger partial charge in [-0.25, -0.2) is 0 Å². The summed E-state index contributed by atoms with van der Waals surface area (Å²) in [4.78, 5) is 0. The molecule has 0 bridgehead atoms. The first kappa shape index (κ1) is 12.4. The van der Waals surface area contributed by atoms with Crippen LogP contribution in [-0.2, 0) is 0 Å². The quantitative estimate of drug-likeness (QED) is 0.599. The molecule has 0 aromatic heterocycles. The van der Waals surface area contributed by atoms with Gasteiger partial charge in [0.15, 0.2) is 0 Å². The third-order valence-corrected chi connectivity index (χ3v) is 2.23. The predicted octanol–water partition coefficient (Wildman–Crippen LogP) is 3.27. The van der Waals surface area contributed by atoms with Crippen LogP contribution in [0.5, 0.6) is 0 Å². The molecule has 0 radical (unpaired) electrons. The van der Waals surface area contributed by atoms with Crippen molar-refractivity contribution in [3.05, 3.63) is 24.3 Å². The molecule has 0 atom stereocenters. The van der Waals surface area contributed by atoms with Gasteiger partial charge in [-0.3, -0.25) is 0 Å². The Balaban J connectivity index is 3.72. The highest BCUT2D eigenvalue weighted by atomic mass is 14.5. The molecule has 0 aromatic rings. The van der Waals surface area contributed by atoms with Crippen molar-refractivity contribution >= 4 is 0 Å². The van der Waals surface area contributed by atoms with E-state index in [0.29, 0.717) is 0 Å². The van der Waals surface area contributed by atoms with Crippen LogP contribution in [0, 0.1) is 5.92 Å². The van der Waals surface area contributed by atoms with Gasteiger partial charge in [-0.1, -0.05) is 24.3 Å². The van der Waals surface area contributed by atoms with E-state index in [0.717, 1.165) is 18.9 Å². The second-order valence-electron chi connectivity index (χ2n) is 3.41. The van der Waals surface area contributed by atoms with Crippen LogP contribution in [0.15, 0.2) is 24.3 Å². The van der Waals surface area contributed by atoms with E-state index in [1.807, 2.05) is 0 Å². The first-order valence-electron chi connectivity index (χ1n) is 5.27. The lowest BCUT2D eigenvalue weighted by molar-refractivity contribution is 0.482. The van der Waals surface area contributed by atoms with Crippen LogP contribution in [0.4, 0.5) is 0 Å². The zero-order valence-electron chi connectivity index (χ0n) is 9.00. The van der Waals surface area contributed by atoms with Crippen LogP contribution in [-0.4, -0.2) is 6.54 Å². The van der Waals surface area contributed by atoms with E-state index in [2.05, 4.69) is 38.2 Å². The molecule has 1 heteroatoms. The van der Waals surface area contributed by atoms with E-state index in [1.54, 1.807) is 0 Å². The van der Waals surface area contributed by atoms with E-state index < -0.39 is 0 Å².